The van der Waals surface area contributed by atoms with Crippen LogP contribution in [0.1, 0.15) is 27.7 Å². The van der Waals surface area contributed by atoms with Crippen LogP contribution in [0.25, 0.3) is 5.69 Å². The van der Waals surface area contributed by atoms with E-state index in [4.69, 9.17) is 9.31 Å². The van der Waals surface area contributed by atoms with Crippen molar-refractivity contribution in [3.63, 3.8) is 0 Å². The van der Waals surface area contributed by atoms with Crippen molar-refractivity contribution in [1.82, 2.24) is 9.78 Å². The molecule has 110 valence electrons. The van der Waals surface area contributed by atoms with Gasteiger partial charge in [-0.1, -0.05) is 0 Å². The highest BCUT2D eigenvalue weighted by molar-refractivity contribution is 6.61. The molecule has 1 fully saturated rings. The van der Waals surface area contributed by atoms with Crippen LogP contribution in [-0.4, -0.2) is 28.1 Å². The Balaban J connectivity index is 1.85. The van der Waals surface area contributed by atoms with Crippen LogP contribution in [0, 0.1) is 5.82 Å². The lowest BCUT2D eigenvalue weighted by Crippen LogP contribution is -2.41. The lowest BCUT2D eigenvalue weighted by molar-refractivity contribution is 0.00578. The minimum absolute atomic E-state index is 0.267. The highest BCUT2D eigenvalue weighted by Crippen LogP contribution is 2.36. The highest BCUT2D eigenvalue weighted by atomic mass is 19.1. The molecule has 0 unspecified atom stereocenters. The molecule has 3 rings (SSSR count). The standard InChI is InChI=1S/C15H18BFN2O2/c1-14(2)15(3,4)21-16(20-14)13-9-10-19(18-13)12-7-5-11(17)6-8-12/h5-10H,1-4H3. The molecule has 0 amide bonds. The maximum Gasteiger partial charge on any atom is 0.516 e. The Hall–Kier alpha value is -1.66. The minimum Gasteiger partial charge on any atom is -0.398 e. The van der Waals surface area contributed by atoms with Crippen LogP contribution in [0.5, 0.6) is 0 Å². The largest absolute Gasteiger partial charge is 0.516 e. The Kier molecular flexibility index (Phi) is 3.18. The van der Waals surface area contributed by atoms with Crippen molar-refractivity contribution >= 4 is 12.7 Å². The zero-order chi connectivity index (χ0) is 15.3. The quantitative estimate of drug-likeness (QED) is 0.796. The van der Waals surface area contributed by atoms with Crippen molar-refractivity contribution in [1.29, 1.82) is 0 Å². The van der Waals surface area contributed by atoms with Gasteiger partial charge in [-0.2, -0.15) is 5.10 Å². The maximum absolute atomic E-state index is 13.0. The molecule has 0 spiro atoms. The predicted octanol–water partition coefficient (Wildman–Crippen LogP) is 2.31. The number of hydrogen-bond acceptors (Lipinski definition) is 3. The molecule has 4 nitrogen and oxygen atoms in total. The van der Waals surface area contributed by atoms with Crippen LogP contribution in [-0.2, 0) is 9.31 Å². The zero-order valence-corrected chi connectivity index (χ0v) is 12.6. The van der Waals surface area contributed by atoms with E-state index in [9.17, 15) is 4.39 Å². The van der Waals surface area contributed by atoms with Crippen LogP contribution in [0.3, 0.4) is 0 Å². The zero-order valence-electron chi connectivity index (χ0n) is 12.6. The van der Waals surface area contributed by atoms with E-state index in [-0.39, 0.29) is 5.82 Å². The molecule has 2 aromatic rings. The van der Waals surface area contributed by atoms with Crippen LogP contribution in [0.2, 0.25) is 0 Å². The Morgan fingerprint density at radius 3 is 2.14 bits per heavy atom. The fraction of sp³-hybridized carbons (Fsp3) is 0.400. The van der Waals surface area contributed by atoms with Gasteiger partial charge in [0.2, 0.25) is 0 Å². The van der Waals surface area contributed by atoms with Crippen LogP contribution in [0.15, 0.2) is 36.5 Å². The minimum atomic E-state index is -0.489. The molecule has 0 saturated carbocycles. The normalized spacial score (nSPS) is 20.0. The van der Waals surface area contributed by atoms with Gasteiger partial charge in [-0.05, 0) is 58.0 Å². The maximum atomic E-state index is 13.0. The summed E-state index contributed by atoms with van der Waals surface area (Å²) in [5.74, 6) is -0.267. The molecule has 0 bridgehead atoms. The van der Waals surface area contributed by atoms with Crippen LogP contribution >= 0.6 is 0 Å². The Labute approximate surface area is 124 Å². The Morgan fingerprint density at radius 2 is 1.57 bits per heavy atom. The van der Waals surface area contributed by atoms with Gasteiger partial charge in [-0.15, -0.1) is 0 Å². The molecule has 6 heteroatoms. The van der Waals surface area contributed by atoms with Gasteiger partial charge in [0.05, 0.1) is 22.5 Å². The summed E-state index contributed by atoms with van der Waals surface area (Å²) >= 11 is 0. The molecule has 1 aromatic heterocycles. The smallest absolute Gasteiger partial charge is 0.398 e. The predicted molar refractivity (Wildman–Crippen MR) is 79.2 cm³/mol. The first-order valence-corrected chi connectivity index (χ1v) is 6.96. The average Bonchev–Trinajstić information content (AvgIpc) is 2.94. The summed E-state index contributed by atoms with van der Waals surface area (Å²) < 4.78 is 26.6. The van der Waals surface area contributed by atoms with Crippen LogP contribution < -0.4 is 5.59 Å². The number of hydrogen-bond donors (Lipinski definition) is 0. The van der Waals surface area contributed by atoms with Gasteiger partial charge >= 0.3 is 7.12 Å². The molecule has 1 saturated heterocycles. The number of benzene rings is 1. The summed E-state index contributed by atoms with van der Waals surface area (Å²) in [4.78, 5) is 0. The molecular formula is C15H18BFN2O2. The lowest BCUT2D eigenvalue weighted by Gasteiger charge is -2.32. The van der Waals surface area contributed by atoms with Crippen molar-refractivity contribution in [2.24, 2.45) is 0 Å². The van der Waals surface area contributed by atoms with Crippen molar-refractivity contribution in [3.05, 3.63) is 42.3 Å². The van der Waals surface area contributed by atoms with Gasteiger partial charge in [0.1, 0.15) is 5.82 Å². The topological polar surface area (TPSA) is 36.3 Å². The first kappa shape index (κ1) is 14.3. The number of halogens is 1. The van der Waals surface area contributed by atoms with Crippen molar-refractivity contribution in [2.45, 2.75) is 38.9 Å². The molecule has 1 aliphatic heterocycles. The van der Waals surface area contributed by atoms with E-state index in [1.165, 1.54) is 12.1 Å². The summed E-state index contributed by atoms with van der Waals surface area (Å²) in [6, 6.07) is 8.02. The fourth-order valence-corrected chi connectivity index (χ4v) is 2.17. The van der Waals surface area contributed by atoms with E-state index in [1.807, 2.05) is 40.0 Å². The monoisotopic (exact) mass is 288 g/mol. The molecule has 0 radical (unpaired) electrons. The van der Waals surface area contributed by atoms with Crippen molar-refractivity contribution < 1.29 is 13.7 Å². The third-order valence-corrected chi connectivity index (χ3v) is 4.20. The van der Waals surface area contributed by atoms with E-state index < -0.39 is 18.3 Å². The van der Waals surface area contributed by atoms with Gasteiger partial charge in [-0.3, -0.25) is 0 Å². The molecule has 1 aromatic carbocycles. The molecule has 0 N–H and O–H groups in total. The fourth-order valence-electron chi connectivity index (χ4n) is 2.17. The SMILES string of the molecule is CC1(C)OB(c2ccn(-c3ccc(F)cc3)n2)OC1(C)C. The third-order valence-electron chi connectivity index (χ3n) is 4.20. The molecule has 0 aliphatic carbocycles. The second-order valence-electron chi connectivity index (χ2n) is 6.25. The van der Waals surface area contributed by atoms with Gasteiger partial charge in [-0.25, -0.2) is 9.07 Å². The van der Waals surface area contributed by atoms with Crippen LogP contribution in [0.4, 0.5) is 4.39 Å². The Bertz CT molecular complexity index is 636. The van der Waals surface area contributed by atoms with E-state index in [0.29, 0.717) is 5.59 Å². The number of rotatable bonds is 2. The van der Waals surface area contributed by atoms with Crippen molar-refractivity contribution in [2.75, 3.05) is 0 Å². The Morgan fingerprint density at radius 1 is 1.00 bits per heavy atom. The summed E-state index contributed by atoms with van der Waals surface area (Å²) in [6.07, 6.45) is 1.81. The molecule has 2 heterocycles. The molecule has 1 aliphatic rings. The number of nitrogens with zero attached hydrogens (tertiary/aromatic N) is 2. The van der Waals surface area contributed by atoms with Gasteiger partial charge in [0, 0.05) is 6.20 Å². The molecular weight excluding hydrogens is 270 g/mol. The number of aromatic nitrogens is 2. The highest BCUT2D eigenvalue weighted by Gasteiger charge is 2.52. The van der Waals surface area contributed by atoms with Gasteiger partial charge in [0.25, 0.3) is 0 Å². The van der Waals surface area contributed by atoms with Crippen molar-refractivity contribution in [3.8, 4) is 5.69 Å². The molecule has 21 heavy (non-hydrogen) atoms. The van der Waals surface area contributed by atoms with E-state index in [2.05, 4.69) is 5.10 Å². The first-order valence-electron chi connectivity index (χ1n) is 6.96. The van der Waals surface area contributed by atoms with E-state index in [1.54, 1.807) is 16.8 Å². The van der Waals surface area contributed by atoms with Gasteiger partial charge < -0.3 is 9.31 Å². The first-order chi connectivity index (χ1) is 9.78. The summed E-state index contributed by atoms with van der Waals surface area (Å²) in [6.45, 7) is 8.02. The molecule has 0 atom stereocenters. The lowest BCUT2D eigenvalue weighted by atomic mass is 9.85. The van der Waals surface area contributed by atoms with E-state index >= 15 is 0 Å². The third kappa shape index (κ3) is 2.49. The second-order valence-corrected chi connectivity index (χ2v) is 6.25. The summed E-state index contributed by atoms with van der Waals surface area (Å²) in [7, 11) is -0.489. The summed E-state index contributed by atoms with van der Waals surface area (Å²) in [5.41, 5.74) is 0.714. The summed E-state index contributed by atoms with van der Waals surface area (Å²) in [5, 5.41) is 4.47. The van der Waals surface area contributed by atoms with Gasteiger partial charge in [0.15, 0.2) is 0 Å². The van der Waals surface area contributed by atoms with E-state index in [0.717, 1.165) is 5.69 Å². The average molecular weight is 288 g/mol. The second kappa shape index (κ2) is 4.68.